The average Bonchev–Trinajstić information content (AvgIpc) is 2.77. The summed E-state index contributed by atoms with van der Waals surface area (Å²) in [6.45, 7) is 2.74. The van der Waals surface area contributed by atoms with E-state index in [-0.39, 0.29) is 23.7 Å². The molecule has 5 rings (SSSR count). The minimum absolute atomic E-state index is 0.0368. The Kier molecular flexibility index (Phi) is 5.16. The molecule has 2 aromatic carbocycles. The summed E-state index contributed by atoms with van der Waals surface area (Å²) in [6.07, 6.45) is 2.82. The van der Waals surface area contributed by atoms with Crippen molar-refractivity contribution in [1.82, 2.24) is 9.80 Å². The molecule has 2 fully saturated rings. The van der Waals surface area contributed by atoms with E-state index in [0.717, 1.165) is 23.1 Å². The van der Waals surface area contributed by atoms with E-state index in [9.17, 15) is 14.4 Å². The fraction of sp³-hybridized carbons (Fsp3) is 0.320. The highest BCUT2D eigenvalue weighted by Crippen LogP contribution is 2.28. The Balaban J connectivity index is 1.25. The van der Waals surface area contributed by atoms with E-state index in [1.807, 2.05) is 42.5 Å². The fourth-order valence-electron chi connectivity index (χ4n) is 4.32. The van der Waals surface area contributed by atoms with Gasteiger partial charge in [0.2, 0.25) is 0 Å². The van der Waals surface area contributed by atoms with Gasteiger partial charge in [-0.2, -0.15) is 0 Å². The maximum absolute atomic E-state index is 12.9. The average molecular weight is 416 g/mol. The number of allylic oxidation sites excluding steroid dienone is 1. The lowest BCUT2D eigenvalue weighted by atomic mass is 9.87. The van der Waals surface area contributed by atoms with Crippen molar-refractivity contribution in [2.45, 2.75) is 18.9 Å². The number of hydrogen-bond donors (Lipinski definition) is 0. The van der Waals surface area contributed by atoms with Crippen molar-refractivity contribution in [2.24, 2.45) is 0 Å². The second-order valence-electron chi connectivity index (χ2n) is 8.20. The summed E-state index contributed by atoms with van der Waals surface area (Å²) >= 11 is 0. The quantitative estimate of drug-likeness (QED) is 0.771. The third-order valence-electron chi connectivity index (χ3n) is 6.30. The highest BCUT2D eigenvalue weighted by molar-refractivity contribution is 6.27. The van der Waals surface area contributed by atoms with Crippen molar-refractivity contribution in [3.63, 3.8) is 0 Å². The summed E-state index contributed by atoms with van der Waals surface area (Å²) in [6, 6.07) is 15.2. The molecule has 3 aliphatic rings. The molecule has 0 radical (unpaired) electrons. The molecule has 2 amide bonds. The number of amides is 2. The number of Topliss-reactive ketones (excluding diaryl/α,β-unsaturated/α-hetero) is 1. The van der Waals surface area contributed by atoms with Crippen molar-refractivity contribution in [1.29, 1.82) is 0 Å². The molecular formula is C25H24N2O4. The molecule has 0 bridgehead atoms. The van der Waals surface area contributed by atoms with E-state index in [2.05, 4.69) is 0 Å². The van der Waals surface area contributed by atoms with Crippen LogP contribution in [0.3, 0.4) is 0 Å². The van der Waals surface area contributed by atoms with Crippen molar-refractivity contribution in [2.75, 3.05) is 32.8 Å². The number of ether oxygens (including phenoxy) is 1. The first-order chi connectivity index (χ1) is 15.1. The van der Waals surface area contributed by atoms with Gasteiger partial charge in [0.15, 0.2) is 5.78 Å². The van der Waals surface area contributed by atoms with E-state index in [1.54, 1.807) is 21.9 Å². The number of fused-ring (bicyclic) bond motifs is 1. The highest BCUT2D eigenvalue weighted by atomic mass is 16.5. The zero-order chi connectivity index (χ0) is 21.4. The summed E-state index contributed by atoms with van der Waals surface area (Å²) < 4.78 is 5.28. The molecule has 2 aromatic rings. The summed E-state index contributed by atoms with van der Waals surface area (Å²) in [5.41, 5.74) is 4.21. The normalized spacial score (nSPS) is 20.6. The van der Waals surface area contributed by atoms with Crippen LogP contribution in [0.2, 0.25) is 0 Å². The van der Waals surface area contributed by atoms with E-state index in [4.69, 9.17) is 4.74 Å². The molecule has 1 aliphatic carbocycles. The van der Waals surface area contributed by atoms with Gasteiger partial charge in [0.05, 0.1) is 6.61 Å². The van der Waals surface area contributed by atoms with E-state index >= 15 is 0 Å². The molecule has 0 spiro atoms. The third kappa shape index (κ3) is 3.79. The van der Waals surface area contributed by atoms with Gasteiger partial charge in [0.1, 0.15) is 6.10 Å². The van der Waals surface area contributed by atoms with Crippen LogP contribution < -0.4 is 0 Å². The maximum Gasteiger partial charge on any atom is 0.253 e. The van der Waals surface area contributed by atoms with Gasteiger partial charge in [-0.05, 0) is 34.9 Å². The molecule has 2 heterocycles. The van der Waals surface area contributed by atoms with Crippen molar-refractivity contribution >= 4 is 29.2 Å². The number of carbonyl (C=O) groups is 3. The Labute approximate surface area is 181 Å². The first-order valence-electron chi connectivity index (χ1n) is 10.7. The Morgan fingerprint density at radius 2 is 1.58 bits per heavy atom. The minimum atomic E-state index is -0.293. The third-order valence-corrected chi connectivity index (χ3v) is 6.30. The zero-order valence-electron chi connectivity index (χ0n) is 17.3. The Bertz CT molecular complexity index is 1060. The van der Waals surface area contributed by atoms with Crippen LogP contribution in [0.25, 0.3) is 11.6 Å². The van der Waals surface area contributed by atoms with Crippen LogP contribution in [0.5, 0.6) is 0 Å². The molecule has 6 nitrogen and oxygen atoms in total. The molecule has 158 valence electrons. The molecule has 6 heteroatoms. The summed E-state index contributed by atoms with van der Waals surface area (Å²) in [5, 5.41) is 0. The number of hydrogen-bond acceptors (Lipinski definition) is 4. The van der Waals surface area contributed by atoms with Gasteiger partial charge >= 0.3 is 0 Å². The first kappa shape index (κ1) is 19.7. The van der Waals surface area contributed by atoms with Crippen LogP contribution in [0.15, 0.2) is 48.5 Å². The second-order valence-corrected chi connectivity index (χ2v) is 8.20. The fourth-order valence-corrected chi connectivity index (χ4v) is 4.32. The summed E-state index contributed by atoms with van der Waals surface area (Å²) in [5.74, 6) is 0.0801. The lowest BCUT2D eigenvalue weighted by Crippen LogP contribution is -2.54. The smallest absolute Gasteiger partial charge is 0.253 e. The molecule has 0 aromatic heterocycles. The van der Waals surface area contributed by atoms with Crippen molar-refractivity contribution in [3.8, 4) is 0 Å². The van der Waals surface area contributed by atoms with Gasteiger partial charge in [0, 0.05) is 50.2 Å². The Morgan fingerprint density at radius 1 is 0.903 bits per heavy atom. The predicted molar refractivity (Wildman–Crippen MR) is 116 cm³/mol. The lowest BCUT2D eigenvalue weighted by Gasteiger charge is -2.38. The first-order valence-corrected chi connectivity index (χ1v) is 10.7. The lowest BCUT2D eigenvalue weighted by molar-refractivity contribution is -0.157. The van der Waals surface area contributed by atoms with Crippen LogP contribution in [0.4, 0.5) is 0 Å². The maximum atomic E-state index is 12.9. The van der Waals surface area contributed by atoms with Gasteiger partial charge in [-0.1, -0.05) is 36.4 Å². The molecule has 1 unspecified atom stereocenters. The monoisotopic (exact) mass is 416 g/mol. The Morgan fingerprint density at radius 3 is 2.26 bits per heavy atom. The number of nitrogens with zero attached hydrogens (tertiary/aromatic N) is 2. The van der Waals surface area contributed by atoms with Crippen LogP contribution in [-0.4, -0.2) is 66.3 Å². The zero-order valence-corrected chi connectivity index (χ0v) is 17.3. The van der Waals surface area contributed by atoms with E-state index < -0.39 is 0 Å². The van der Waals surface area contributed by atoms with Gasteiger partial charge in [0.25, 0.3) is 11.8 Å². The van der Waals surface area contributed by atoms with Gasteiger partial charge in [-0.15, -0.1) is 0 Å². The van der Waals surface area contributed by atoms with Crippen molar-refractivity contribution in [3.05, 3.63) is 70.8 Å². The SMILES string of the molecule is O=C1Cc2ccccc2C=C1c1ccc(C(=O)N2CCN(C(=O)C3CCO3)CC2)cc1. The van der Waals surface area contributed by atoms with Crippen LogP contribution in [0, 0.1) is 0 Å². The summed E-state index contributed by atoms with van der Waals surface area (Å²) in [4.78, 5) is 41.4. The summed E-state index contributed by atoms with van der Waals surface area (Å²) in [7, 11) is 0. The van der Waals surface area contributed by atoms with Gasteiger partial charge < -0.3 is 14.5 Å². The number of benzene rings is 2. The van der Waals surface area contributed by atoms with Crippen LogP contribution in [0.1, 0.15) is 33.5 Å². The van der Waals surface area contributed by atoms with Crippen LogP contribution in [-0.2, 0) is 20.7 Å². The Hall–Kier alpha value is -3.25. The molecule has 2 aliphatic heterocycles. The molecular weight excluding hydrogens is 392 g/mol. The molecule has 1 atom stereocenters. The van der Waals surface area contributed by atoms with Crippen molar-refractivity contribution < 1.29 is 19.1 Å². The topological polar surface area (TPSA) is 66.9 Å². The number of rotatable bonds is 3. The number of ketones is 1. The molecule has 31 heavy (non-hydrogen) atoms. The molecule has 2 saturated heterocycles. The number of carbonyl (C=O) groups excluding carboxylic acids is 3. The number of piperazine rings is 1. The standard InChI is InChI=1S/C25H24N2O4/c28-22-16-20-4-2-1-3-19(20)15-21(22)17-5-7-18(8-6-17)24(29)26-10-12-27(13-11-26)25(30)23-9-14-31-23/h1-8,15,23H,9-14,16H2. The molecule has 0 N–H and O–H groups in total. The second kappa shape index (κ2) is 8.12. The largest absolute Gasteiger partial charge is 0.368 e. The van der Waals surface area contributed by atoms with Gasteiger partial charge in [-0.25, -0.2) is 0 Å². The van der Waals surface area contributed by atoms with E-state index in [0.29, 0.717) is 50.3 Å². The minimum Gasteiger partial charge on any atom is -0.368 e. The molecule has 0 saturated carbocycles. The highest BCUT2D eigenvalue weighted by Gasteiger charge is 2.33. The van der Waals surface area contributed by atoms with Gasteiger partial charge in [-0.3, -0.25) is 14.4 Å². The predicted octanol–water partition coefficient (Wildman–Crippen LogP) is 2.43. The van der Waals surface area contributed by atoms with Crippen LogP contribution >= 0.6 is 0 Å². The van der Waals surface area contributed by atoms with E-state index in [1.165, 1.54) is 0 Å².